The molecule has 0 amide bonds. The molecule has 0 aromatic heterocycles. The second-order valence-electron chi connectivity index (χ2n) is 17.7. The van der Waals surface area contributed by atoms with Crippen LogP contribution in [0, 0.1) is 0 Å². The molecule has 63 heavy (non-hydrogen) atoms. The summed E-state index contributed by atoms with van der Waals surface area (Å²) in [5.74, 6) is -1.10. The van der Waals surface area contributed by atoms with Gasteiger partial charge in [0.05, 0.1) is 6.61 Å². The molecule has 0 aromatic carbocycles. The molecule has 0 radical (unpaired) electrons. The highest BCUT2D eigenvalue weighted by molar-refractivity contribution is 7.47. The molecule has 1 aliphatic carbocycles. The van der Waals surface area contributed by atoms with Gasteiger partial charge < -0.3 is 39.9 Å². The molecule has 8 atom stereocenters. The molecule has 14 heteroatoms. The molecule has 0 aliphatic heterocycles. The highest BCUT2D eigenvalue weighted by Gasteiger charge is 2.51. The van der Waals surface area contributed by atoms with Crippen molar-refractivity contribution in [3.8, 4) is 0 Å². The van der Waals surface area contributed by atoms with E-state index in [9.17, 15) is 44.6 Å². The van der Waals surface area contributed by atoms with Crippen molar-refractivity contribution in [3.05, 3.63) is 24.3 Å². The van der Waals surface area contributed by atoms with Crippen LogP contribution in [0.15, 0.2) is 24.3 Å². The SMILES string of the molecule is CCCCCCCC/C=C\CCCCCCCCCC(=O)OC[C@H](COP(=O)(O)OC1C(O)C(O)C(O)[C@@H](O)C1O)OC(=O)CCCCCCCCC/C=C\CCCCCCCC. The van der Waals surface area contributed by atoms with Crippen LogP contribution < -0.4 is 0 Å². The molecule has 0 saturated heterocycles. The highest BCUT2D eigenvalue weighted by Crippen LogP contribution is 2.47. The van der Waals surface area contributed by atoms with Crippen molar-refractivity contribution in [2.45, 2.75) is 262 Å². The molecule has 13 nitrogen and oxygen atoms in total. The number of aliphatic hydroxyl groups is 5. The summed E-state index contributed by atoms with van der Waals surface area (Å²) in [4.78, 5) is 35.8. The minimum atomic E-state index is -5.12. The standard InChI is InChI=1S/C49H91O13P/c1-3-5-7-9-11-13-15-17-19-21-23-25-27-29-31-33-35-37-42(50)59-39-41(40-60-63(57,58)62-49-47(55)45(53)44(52)46(54)48(49)56)61-43(51)38-36-34-32-30-28-26-24-22-20-18-16-14-12-10-8-6-4-2/h17-20,41,44-49,52-56H,3-16,21-40H2,1-2H3,(H,57,58)/b19-17-,20-18-/t41-,44?,45-,46?,47?,48?,49?/m1/s1. The zero-order chi connectivity index (χ0) is 46.4. The summed E-state index contributed by atoms with van der Waals surface area (Å²) in [6, 6.07) is 0. The van der Waals surface area contributed by atoms with Crippen molar-refractivity contribution in [3.63, 3.8) is 0 Å². The van der Waals surface area contributed by atoms with E-state index < -0.39 is 75.7 Å². The third-order valence-electron chi connectivity index (χ3n) is 11.8. The fourth-order valence-electron chi connectivity index (χ4n) is 7.69. The third-order valence-corrected chi connectivity index (χ3v) is 12.8. The molecule has 6 unspecified atom stereocenters. The summed E-state index contributed by atoms with van der Waals surface area (Å²) in [6.07, 6.45) is 30.8. The van der Waals surface area contributed by atoms with Crippen LogP contribution in [-0.4, -0.2) is 98.3 Å². The molecule has 0 spiro atoms. The number of phosphoric acid groups is 1. The number of carbonyl (C=O) groups is 2. The average Bonchev–Trinajstić information content (AvgIpc) is 3.26. The van der Waals surface area contributed by atoms with Crippen molar-refractivity contribution in [2.75, 3.05) is 13.2 Å². The van der Waals surface area contributed by atoms with E-state index in [2.05, 4.69) is 38.2 Å². The van der Waals surface area contributed by atoms with Crippen molar-refractivity contribution >= 4 is 19.8 Å². The van der Waals surface area contributed by atoms with Crippen LogP contribution in [0.25, 0.3) is 0 Å². The van der Waals surface area contributed by atoms with Gasteiger partial charge in [-0.1, -0.05) is 167 Å². The van der Waals surface area contributed by atoms with Crippen molar-refractivity contribution in [2.24, 2.45) is 0 Å². The van der Waals surface area contributed by atoms with Gasteiger partial charge in [-0.25, -0.2) is 4.57 Å². The van der Waals surface area contributed by atoms with Crippen LogP contribution in [-0.2, 0) is 32.7 Å². The van der Waals surface area contributed by atoms with E-state index in [4.69, 9.17) is 18.5 Å². The largest absolute Gasteiger partial charge is 0.472 e. The molecular formula is C49H91O13P. The van der Waals surface area contributed by atoms with E-state index in [0.29, 0.717) is 12.8 Å². The van der Waals surface area contributed by atoms with Crippen molar-refractivity contribution in [1.82, 2.24) is 0 Å². The summed E-state index contributed by atoms with van der Waals surface area (Å²) in [5.41, 5.74) is 0. The fraction of sp³-hybridized carbons (Fsp3) is 0.878. The van der Waals surface area contributed by atoms with Gasteiger partial charge in [0.25, 0.3) is 0 Å². The van der Waals surface area contributed by atoms with E-state index in [1.807, 2.05) is 0 Å². The number of rotatable bonds is 42. The van der Waals surface area contributed by atoms with Crippen LogP contribution in [0.3, 0.4) is 0 Å². The first-order valence-electron chi connectivity index (χ1n) is 25.1. The van der Waals surface area contributed by atoms with Crippen LogP contribution >= 0.6 is 7.82 Å². The Labute approximate surface area is 381 Å². The van der Waals surface area contributed by atoms with Crippen LogP contribution in [0.5, 0.6) is 0 Å². The minimum absolute atomic E-state index is 0.0929. The molecule has 1 fully saturated rings. The van der Waals surface area contributed by atoms with E-state index in [1.54, 1.807) is 0 Å². The van der Waals surface area contributed by atoms with Crippen molar-refractivity contribution < 1.29 is 63.1 Å². The predicted octanol–water partition coefficient (Wildman–Crippen LogP) is 10.4. The first kappa shape index (κ1) is 59.3. The van der Waals surface area contributed by atoms with E-state index in [-0.39, 0.29) is 12.8 Å². The van der Waals surface area contributed by atoms with Gasteiger partial charge in [-0.15, -0.1) is 0 Å². The molecule has 6 N–H and O–H groups in total. The summed E-state index contributed by atoms with van der Waals surface area (Å²) in [5, 5.41) is 50.2. The zero-order valence-electron chi connectivity index (χ0n) is 39.4. The number of hydrogen-bond acceptors (Lipinski definition) is 12. The maximum Gasteiger partial charge on any atom is 0.472 e. The number of hydrogen-bond donors (Lipinski definition) is 6. The van der Waals surface area contributed by atoms with Crippen molar-refractivity contribution in [1.29, 1.82) is 0 Å². The van der Waals surface area contributed by atoms with Gasteiger partial charge >= 0.3 is 19.8 Å². The summed E-state index contributed by atoms with van der Waals surface area (Å²) in [6.45, 7) is 3.31. The van der Waals surface area contributed by atoms with Crippen LogP contribution in [0.4, 0.5) is 0 Å². The number of esters is 2. The Kier molecular flexibility index (Phi) is 37.2. The molecule has 1 saturated carbocycles. The van der Waals surface area contributed by atoms with Gasteiger partial charge in [-0.05, 0) is 64.2 Å². The number of allylic oxidation sites excluding steroid dienone is 4. The lowest BCUT2D eigenvalue weighted by molar-refractivity contribution is -0.220. The van der Waals surface area contributed by atoms with E-state index in [0.717, 1.165) is 64.2 Å². The Morgan fingerprint density at radius 2 is 0.810 bits per heavy atom. The lowest BCUT2D eigenvalue weighted by atomic mass is 9.85. The second-order valence-corrected chi connectivity index (χ2v) is 19.1. The molecule has 1 rings (SSSR count). The second kappa shape index (κ2) is 39.5. The predicted molar refractivity (Wildman–Crippen MR) is 249 cm³/mol. The van der Waals surface area contributed by atoms with E-state index >= 15 is 0 Å². The quantitative estimate of drug-likeness (QED) is 0.0146. The molecular weight excluding hydrogens is 827 g/mol. The summed E-state index contributed by atoms with van der Waals surface area (Å²) in [7, 11) is -5.12. The number of unbranched alkanes of at least 4 members (excludes halogenated alkanes) is 26. The summed E-state index contributed by atoms with van der Waals surface area (Å²) >= 11 is 0. The highest BCUT2D eigenvalue weighted by atomic mass is 31.2. The maximum absolute atomic E-state index is 12.8. The van der Waals surface area contributed by atoms with Gasteiger partial charge in [-0.2, -0.15) is 0 Å². The first-order valence-corrected chi connectivity index (χ1v) is 26.6. The Morgan fingerprint density at radius 3 is 1.21 bits per heavy atom. The maximum atomic E-state index is 12.8. The van der Waals surface area contributed by atoms with Gasteiger partial charge in [0.15, 0.2) is 6.10 Å². The molecule has 0 aromatic rings. The monoisotopic (exact) mass is 919 g/mol. The number of phosphoric ester groups is 1. The zero-order valence-corrected chi connectivity index (χ0v) is 40.3. The van der Waals surface area contributed by atoms with Crippen LogP contribution in [0.2, 0.25) is 0 Å². The number of aliphatic hydroxyl groups excluding tert-OH is 5. The van der Waals surface area contributed by atoms with Gasteiger partial charge in [0.1, 0.15) is 43.2 Å². The Morgan fingerprint density at radius 1 is 0.476 bits per heavy atom. The molecule has 370 valence electrons. The number of carbonyl (C=O) groups excluding carboxylic acids is 2. The molecule has 0 heterocycles. The van der Waals surface area contributed by atoms with Gasteiger partial charge in [-0.3, -0.25) is 18.6 Å². The first-order chi connectivity index (χ1) is 30.4. The fourth-order valence-corrected chi connectivity index (χ4v) is 8.66. The molecule has 1 aliphatic rings. The third kappa shape index (κ3) is 31.8. The Hall–Kier alpha value is -1.67. The summed E-state index contributed by atoms with van der Waals surface area (Å²) < 4.78 is 33.6. The Bertz CT molecular complexity index is 1200. The van der Waals surface area contributed by atoms with E-state index in [1.165, 1.54) is 116 Å². The molecule has 0 bridgehead atoms. The van der Waals surface area contributed by atoms with Gasteiger partial charge in [0.2, 0.25) is 0 Å². The van der Waals surface area contributed by atoms with Crippen LogP contribution in [0.1, 0.15) is 219 Å². The van der Waals surface area contributed by atoms with Gasteiger partial charge in [0, 0.05) is 12.8 Å². The number of ether oxygens (including phenoxy) is 2. The minimum Gasteiger partial charge on any atom is -0.462 e. The Balaban J connectivity index is 2.42. The topological polar surface area (TPSA) is 210 Å². The lowest BCUT2D eigenvalue weighted by Crippen LogP contribution is -2.64. The smallest absolute Gasteiger partial charge is 0.462 e. The lowest BCUT2D eigenvalue weighted by Gasteiger charge is -2.41. The normalized spacial score (nSPS) is 21.8. The average molecular weight is 919 g/mol.